The average Bonchev–Trinajstić information content (AvgIpc) is 2.49. The normalized spacial score (nSPS) is 11.1. The molecule has 0 saturated heterocycles. The van der Waals surface area contributed by atoms with Crippen molar-refractivity contribution in [3.8, 4) is 0 Å². The van der Waals surface area contributed by atoms with E-state index in [9.17, 15) is 18.0 Å². The monoisotopic (exact) mass is 347 g/mol. The van der Waals surface area contributed by atoms with E-state index < -0.39 is 16.0 Å². The number of Topliss-reactive ketones (excluding diaryl/α,β-unsaturated/α-hetero) is 1. The van der Waals surface area contributed by atoms with Crippen LogP contribution in [0.25, 0.3) is 0 Å². The molecule has 0 amide bonds. The number of hydrogen-bond donors (Lipinski definition) is 2. The van der Waals surface area contributed by atoms with Gasteiger partial charge in [0.1, 0.15) is 0 Å². The Kier molecular flexibility index (Phi) is 4.75. The van der Waals surface area contributed by atoms with Gasteiger partial charge in [-0.2, -0.15) is 0 Å². The van der Waals surface area contributed by atoms with Crippen molar-refractivity contribution in [3.05, 3.63) is 58.7 Å². The SMILES string of the molecule is CC(=O)c1cccc(NS(=O)(=O)c2cc(C(=O)O)cc(C)c2C)c1. The van der Waals surface area contributed by atoms with Gasteiger partial charge >= 0.3 is 5.97 Å². The molecule has 0 radical (unpaired) electrons. The maximum Gasteiger partial charge on any atom is 0.335 e. The molecule has 0 aliphatic rings. The number of aromatic carboxylic acids is 1. The van der Waals surface area contributed by atoms with E-state index in [0.717, 1.165) is 6.07 Å². The van der Waals surface area contributed by atoms with E-state index in [1.54, 1.807) is 26.0 Å². The van der Waals surface area contributed by atoms with Gasteiger partial charge in [0.15, 0.2) is 5.78 Å². The number of carbonyl (C=O) groups excluding carboxylic acids is 1. The zero-order chi connectivity index (χ0) is 18.1. The summed E-state index contributed by atoms with van der Waals surface area (Å²) in [5.74, 6) is -1.39. The maximum absolute atomic E-state index is 12.6. The highest BCUT2D eigenvalue weighted by molar-refractivity contribution is 7.92. The van der Waals surface area contributed by atoms with Crippen LogP contribution >= 0.6 is 0 Å². The van der Waals surface area contributed by atoms with Crippen molar-refractivity contribution in [2.24, 2.45) is 0 Å². The molecule has 0 aromatic heterocycles. The summed E-state index contributed by atoms with van der Waals surface area (Å²) in [6, 6.07) is 8.66. The maximum atomic E-state index is 12.6. The van der Waals surface area contributed by atoms with E-state index >= 15 is 0 Å². The largest absolute Gasteiger partial charge is 0.478 e. The molecular formula is C17H17NO5S. The summed E-state index contributed by atoms with van der Waals surface area (Å²) >= 11 is 0. The second-order valence-electron chi connectivity index (χ2n) is 5.46. The van der Waals surface area contributed by atoms with Crippen molar-refractivity contribution in [2.75, 3.05) is 4.72 Å². The van der Waals surface area contributed by atoms with Crippen molar-refractivity contribution >= 4 is 27.5 Å². The lowest BCUT2D eigenvalue weighted by Crippen LogP contribution is -2.16. The minimum atomic E-state index is -3.99. The molecule has 6 nitrogen and oxygen atoms in total. The summed E-state index contributed by atoms with van der Waals surface area (Å²) in [6.45, 7) is 4.65. The first kappa shape index (κ1) is 17.7. The highest BCUT2D eigenvalue weighted by Crippen LogP contribution is 2.24. The van der Waals surface area contributed by atoms with Gasteiger partial charge in [0.2, 0.25) is 0 Å². The Morgan fingerprint density at radius 3 is 2.29 bits per heavy atom. The van der Waals surface area contributed by atoms with E-state index in [0.29, 0.717) is 16.7 Å². The van der Waals surface area contributed by atoms with Crippen LogP contribution in [-0.4, -0.2) is 25.3 Å². The molecule has 2 aromatic carbocycles. The quantitative estimate of drug-likeness (QED) is 0.810. The number of carboxylic acids is 1. The number of anilines is 1. The molecule has 0 spiro atoms. The molecule has 0 fully saturated rings. The number of benzene rings is 2. The second kappa shape index (κ2) is 6.45. The zero-order valence-corrected chi connectivity index (χ0v) is 14.3. The van der Waals surface area contributed by atoms with Crippen LogP contribution < -0.4 is 4.72 Å². The Morgan fingerprint density at radius 1 is 1.04 bits per heavy atom. The fourth-order valence-electron chi connectivity index (χ4n) is 2.24. The summed E-state index contributed by atoms with van der Waals surface area (Å²) in [5.41, 5.74) is 1.54. The van der Waals surface area contributed by atoms with Gasteiger partial charge in [-0.25, -0.2) is 13.2 Å². The van der Waals surface area contributed by atoms with Gasteiger partial charge in [0.05, 0.1) is 10.5 Å². The van der Waals surface area contributed by atoms with Crippen LogP contribution in [0.4, 0.5) is 5.69 Å². The Labute approximate surface area is 140 Å². The smallest absolute Gasteiger partial charge is 0.335 e. The topological polar surface area (TPSA) is 101 Å². The molecule has 0 heterocycles. The summed E-state index contributed by atoms with van der Waals surface area (Å²) in [4.78, 5) is 22.5. The third-order valence-electron chi connectivity index (χ3n) is 3.68. The molecular weight excluding hydrogens is 330 g/mol. The third kappa shape index (κ3) is 3.62. The lowest BCUT2D eigenvalue weighted by atomic mass is 10.1. The molecule has 7 heteroatoms. The lowest BCUT2D eigenvalue weighted by molar-refractivity contribution is 0.0696. The van der Waals surface area contributed by atoms with E-state index in [4.69, 9.17) is 5.11 Å². The van der Waals surface area contributed by atoms with Gasteiger partial charge in [-0.3, -0.25) is 9.52 Å². The highest BCUT2D eigenvalue weighted by atomic mass is 32.2. The number of aryl methyl sites for hydroxylation is 1. The van der Waals surface area contributed by atoms with E-state index in [1.807, 2.05) is 0 Å². The van der Waals surface area contributed by atoms with E-state index in [-0.39, 0.29) is 21.9 Å². The van der Waals surface area contributed by atoms with Crippen molar-refractivity contribution in [3.63, 3.8) is 0 Å². The third-order valence-corrected chi connectivity index (χ3v) is 5.18. The van der Waals surface area contributed by atoms with Crippen molar-refractivity contribution in [1.82, 2.24) is 0 Å². The Balaban J connectivity index is 2.50. The number of ketones is 1. The van der Waals surface area contributed by atoms with Gasteiger partial charge in [-0.1, -0.05) is 12.1 Å². The highest BCUT2D eigenvalue weighted by Gasteiger charge is 2.21. The Morgan fingerprint density at radius 2 is 1.71 bits per heavy atom. The number of sulfonamides is 1. The molecule has 2 aromatic rings. The first-order valence-electron chi connectivity index (χ1n) is 7.10. The standard InChI is InChI=1S/C17H17NO5S/c1-10-7-14(17(20)21)9-16(11(10)2)24(22,23)18-15-6-4-5-13(8-15)12(3)19/h4-9,18H,1-3H3,(H,20,21). The number of nitrogens with one attached hydrogen (secondary N) is 1. The number of carboxylic acid groups (broad SMARTS) is 1. The molecule has 126 valence electrons. The van der Waals surface area contributed by atoms with Gasteiger partial charge in [0.25, 0.3) is 10.0 Å². The van der Waals surface area contributed by atoms with E-state index in [1.165, 1.54) is 25.1 Å². The predicted molar refractivity (Wildman–Crippen MR) is 90.1 cm³/mol. The van der Waals surface area contributed by atoms with Crippen LogP contribution in [0, 0.1) is 13.8 Å². The first-order chi connectivity index (χ1) is 11.1. The van der Waals surface area contributed by atoms with Gasteiger partial charge < -0.3 is 5.11 Å². The van der Waals surface area contributed by atoms with Gasteiger partial charge in [-0.05, 0) is 56.2 Å². The minimum absolute atomic E-state index is 0.101. The van der Waals surface area contributed by atoms with E-state index in [2.05, 4.69) is 4.72 Å². The van der Waals surface area contributed by atoms with Gasteiger partial charge in [-0.15, -0.1) is 0 Å². The Hall–Kier alpha value is -2.67. The minimum Gasteiger partial charge on any atom is -0.478 e. The number of hydrogen-bond acceptors (Lipinski definition) is 4. The van der Waals surface area contributed by atoms with Crippen LogP contribution in [0.5, 0.6) is 0 Å². The summed E-state index contributed by atoms with van der Waals surface area (Å²) < 4.78 is 27.7. The predicted octanol–water partition coefficient (Wildman–Crippen LogP) is 3.01. The van der Waals surface area contributed by atoms with Crippen LogP contribution in [0.2, 0.25) is 0 Å². The fourth-order valence-corrected chi connectivity index (χ4v) is 3.63. The van der Waals surface area contributed by atoms with Crippen molar-refractivity contribution < 1.29 is 23.1 Å². The zero-order valence-electron chi connectivity index (χ0n) is 13.5. The number of carbonyl (C=O) groups is 2. The fraction of sp³-hybridized carbons (Fsp3) is 0.176. The lowest BCUT2D eigenvalue weighted by Gasteiger charge is -2.13. The molecule has 0 aliphatic carbocycles. The second-order valence-corrected chi connectivity index (χ2v) is 7.11. The molecule has 0 atom stereocenters. The Bertz CT molecular complexity index is 932. The first-order valence-corrected chi connectivity index (χ1v) is 8.58. The summed E-state index contributed by atoms with van der Waals surface area (Å²) in [7, 11) is -3.99. The molecule has 0 aliphatic heterocycles. The van der Waals surface area contributed by atoms with Crippen LogP contribution in [0.1, 0.15) is 38.8 Å². The van der Waals surface area contributed by atoms with Crippen molar-refractivity contribution in [2.45, 2.75) is 25.7 Å². The van der Waals surface area contributed by atoms with Gasteiger partial charge in [0, 0.05) is 11.3 Å². The summed E-state index contributed by atoms with van der Waals surface area (Å²) in [6.07, 6.45) is 0. The molecule has 24 heavy (non-hydrogen) atoms. The molecule has 0 saturated carbocycles. The molecule has 0 bridgehead atoms. The van der Waals surface area contributed by atoms with Crippen LogP contribution in [0.15, 0.2) is 41.3 Å². The molecule has 2 N–H and O–H groups in total. The van der Waals surface area contributed by atoms with Crippen molar-refractivity contribution in [1.29, 1.82) is 0 Å². The summed E-state index contributed by atoms with van der Waals surface area (Å²) in [5, 5.41) is 9.12. The average molecular weight is 347 g/mol. The molecule has 2 rings (SSSR count). The molecule has 0 unspecified atom stereocenters. The van der Waals surface area contributed by atoms with Crippen LogP contribution in [0.3, 0.4) is 0 Å². The van der Waals surface area contributed by atoms with Crippen LogP contribution in [-0.2, 0) is 10.0 Å². The number of rotatable bonds is 5.